The SMILES string of the molecule is CN1CCc2nc(N)c(C(=O)N3CCOCC3)cc2C1. The van der Waals surface area contributed by atoms with E-state index >= 15 is 0 Å². The first kappa shape index (κ1) is 13.3. The number of morpholine rings is 1. The van der Waals surface area contributed by atoms with E-state index in [1.54, 1.807) is 4.90 Å². The summed E-state index contributed by atoms with van der Waals surface area (Å²) in [4.78, 5) is 21.0. The van der Waals surface area contributed by atoms with E-state index in [1.165, 1.54) is 0 Å². The van der Waals surface area contributed by atoms with Crippen molar-refractivity contribution in [1.82, 2.24) is 14.8 Å². The number of aromatic nitrogens is 1. The second-order valence-electron chi connectivity index (χ2n) is 5.42. The number of pyridine rings is 1. The van der Waals surface area contributed by atoms with Crippen LogP contribution in [0, 0.1) is 0 Å². The first-order valence-electron chi connectivity index (χ1n) is 6.99. The third-order valence-electron chi connectivity index (χ3n) is 3.92. The zero-order chi connectivity index (χ0) is 14.1. The zero-order valence-electron chi connectivity index (χ0n) is 11.8. The Labute approximate surface area is 118 Å². The fourth-order valence-corrected chi connectivity index (χ4v) is 2.74. The maximum absolute atomic E-state index is 12.5. The summed E-state index contributed by atoms with van der Waals surface area (Å²) in [6.07, 6.45) is 0.891. The number of ether oxygens (including phenoxy) is 1. The van der Waals surface area contributed by atoms with Crippen molar-refractivity contribution in [3.63, 3.8) is 0 Å². The minimum absolute atomic E-state index is 0.0330. The highest BCUT2D eigenvalue weighted by molar-refractivity contribution is 5.98. The summed E-state index contributed by atoms with van der Waals surface area (Å²) in [5.74, 6) is 0.319. The second-order valence-corrected chi connectivity index (χ2v) is 5.42. The molecule has 6 nitrogen and oxygen atoms in total. The Kier molecular flexibility index (Phi) is 3.58. The molecule has 2 aliphatic heterocycles. The smallest absolute Gasteiger partial charge is 0.257 e. The maximum atomic E-state index is 12.5. The lowest BCUT2D eigenvalue weighted by atomic mass is 10.0. The molecule has 6 heteroatoms. The molecular formula is C14H20N4O2. The Morgan fingerprint density at radius 2 is 2.10 bits per heavy atom. The van der Waals surface area contributed by atoms with Crippen molar-refractivity contribution in [3.05, 3.63) is 22.9 Å². The van der Waals surface area contributed by atoms with Crippen molar-refractivity contribution < 1.29 is 9.53 Å². The van der Waals surface area contributed by atoms with Gasteiger partial charge in [-0.2, -0.15) is 0 Å². The van der Waals surface area contributed by atoms with Crippen LogP contribution in [0.2, 0.25) is 0 Å². The number of nitrogens with two attached hydrogens (primary N) is 1. The van der Waals surface area contributed by atoms with Gasteiger partial charge in [0.1, 0.15) is 5.82 Å². The molecule has 108 valence electrons. The molecule has 2 aliphatic rings. The number of carbonyl (C=O) groups excluding carboxylic acids is 1. The van der Waals surface area contributed by atoms with Gasteiger partial charge in [0, 0.05) is 38.3 Å². The second kappa shape index (κ2) is 5.38. The number of carbonyl (C=O) groups is 1. The molecule has 1 aromatic heterocycles. The molecule has 1 fully saturated rings. The fourth-order valence-electron chi connectivity index (χ4n) is 2.74. The number of anilines is 1. The van der Waals surface area contributed by atoms with Gasteiger partial charge in [-0.15, -0.1) is 0 Å². The van der Waals surface area contributed by atoms with Gasteiger partial charge in [0.2, 0.25) is 0 Å². The van der Waals surface area contributed by atoms with Crippen LogP contribution >= 0.6 is 0 Å². The van der Waals surface area contributed by atoms with Crippen LogP contribution in [0.15, 0.2) is 6.07 Å². The van der Waals surface area contributed by atoms with E-state index < -0.39 is 0 Å². The lowest BCUT2D eigenvalue weighted by Gasteiger charge is -2.29. The number of hydrogen-bond donors (Lipinski definition) is 1. The van der Waals surface area contributed by atoms with Crippen LogP contribution in [0.25, 0.3) is 0 Å². The summed E-state index contributed by atoms with van der Waals surface area (Å²) in [5, 5.41) is 0. The molecule has 3 heterocycles. The normalized spacial score (nSPS) is 19.8. The molecule has 1 saturated heterocycles. The fraction of sp³-hybridized carbons (Fsp3) is 0.571. The van der Waals surface area contributed by atoms with Crippen molar-refractivity contribution in [2.24, 2.45) is 0 Å². The highest BCUT2D eigenvalue weighted by Crippen LogP contribution is 2.22. The zero-order valence-corrected chi connectivity index (χ0v) is 11.8. The van der Waals surface area contributed by atoms with Gasteiger partial charge in [-0.05, 0) is 18.7 Å². The van der Waals surface area contributed by atoms with Gasteiger partial charge in [0.15, 0.2) is 0 Å². The minimum Gasteiger partial charge on any atom is -0.383 e. The molecule has 0 spiro atoms. The molecular weight excluding hydrogens is 256 g/mol. The standard InChI is InChI=1S/C14H20N4O2/c1-17-3-2-12-10(9-17)8-11(13(15)16-12)14(19)18-4-6-20-7-5-18/h8H,2-7,9H2,1H3,(H2,15,16). The average Bonchev–Trinajstić information content (AvgIpc) is 2.47. The van der Waals surface area contributed by atoms with Gasteiger partial charge in [-0.1, -0.05) is 0 Å². The summed E-state index contributed by atoms with van der Waals surface area (Å²) in [6, 6.07) is 1.92. The summed E-state index contributed by atoms with van der Waals surface area (Å²) >= 11 is 0. The van der Waals surface area contributed by atoms with Crippen molar-refractivity contribution in [1.29, 1.82) is 0 Å². The van der Waals surface area contributed by atoms with Crippen molar-refractivity contribution in [3.8, 4) is 0 Å². The van der Waals surface area contributed by atoms with E-state index in [1.807, 2.05) is 6.07 Å². The molecule has 0 atom stereocenters. The van der Waals surface area contributed by atoms with Gasteiger partial charge in [-0.3, -0.25) is 4.79 Å². The molecule has 1 aromatic rings. The van der Waals surface area contributed by atoms with E-state index in [2.05, 4.69) is 16.9 Å². The van der Waals surface area contributed by atoms with Crippen LogP contribution in [0.1, 0.15) is 21.6 Å². The monoisotopic (exact) mass is 276 g/mol. The van der Waals surface area contributed by atoms with Crippen molar-refractivity contribution in [2.45, 2.75) is 13.0 Å². The lowest BCUT2D eigenvalue weighted by molar-refractivity contribution is 0.0303. The molecule has 20 heavy (non-hydrogen) atoms. The van der Waals surface area contributed by atoms with Crippen LogP contribution in [0.3, 0.4) is 0 Å². The molecule has 0 aliphatic carbocycles. The van der Waals surface area contributed by atoms with E-state index in [9.17, 15) is 4.79 Å². The topological polar surface area (TPSA) is 71.7 Å². The lowest BCUT2D eigenvalue weighted by Crippen LogP contribution is -2.41. The predicted molar refractivity (Wildman–Crippen MR) is 75.4 cm³/mol. The number of likely N-dealkylation sites (N-methyl/N-ethyl adjacent to an activating group) is 1. The number of rotatable bonds is 1. The first-order chi connectivity index (χ1) is 9.65. The summed E-state index contributed by atoms with van der Waals surface area (Å²) in [6.45, 7) is 4.23. The van der Waals surface area contributed by atoms with E-state index in [-0.39, 0.29) is 5.91 Å². The molecule has 0 aromatic carbocycles. The van der Waals surface area contributed by atoms with Gasteiger partial charge in [0.05, 0.1) is 18.8 Å². The quantitative estimate of drug-likeness (QED) is 0.789. The summed E-state index contributed by atoms with van der Waals surface area (Å²) < 4.78 is 5.27. The summed E-state index contributed by atoms with van der Waals surface area (Å²) in [5.41, 5.74) is 8.65. The Bertz CT molecular complexity index is 526. The van der Waals surface area contributed by atoms with Crippen LogP contribution in [0.5, 0.6) is 0 Å². The third kappa shape index (κ3) is 2.48. The van der Waals surface area contributed by atoms with Crippen molar-refractivity contribution in [2.75, 3.05) is 45.6 Å². The Hall–Kier alpha value is -1.66. The highest BCUT2D eigenvalue weighted by atomic mass is 16.5. The Balaban J connectivity index is 1.89. The highest BCUT2D eigenvalue weighted by Gasteiger charge is 2.24. The maximum Gasteiger partial charge on any atom is 0.257 e. The van der Waals surface area contributed by atoms with Crippen LogP contribution in [-0.4, -0.2) is 60.6 Å². The molecule has 0 bridgehead atoms. The van der Waals surface area contributed by atoms with Gasteiger partial charge in [-0.25, -0.2) is 4.98 Å². The van der Waals surface area contributed by atoms with Gasteiger partial charge in [0.25, 0.3) is 5.91 Å². The molecule has 1 amide bonds. The first-order valence-corrected chi connectivity index (χ1v) is 6.99. The predicted octanol–water partition coefficient (Wildman–Crippen LogP) is 0.124. The number of amides is 1. The third-order valence-corrected chi connectivity index (χ3v) is 3.92. The molecule has 0 unspecified atom stereocenters. The molecule has 3 rings (SSSR count). The van der Waals surface area contributed by atoms with E-state index in [0.717, 1.165) is 30.8 Å². The molecule has 0 radical (unpaired) electrons. The van der Waals surface area contributed by atoms with Crippen LogP contribution < -0.4 is 5.73 Å². The number of nitrogen functional groups attached to an aromatic ring is 1. The molecule has 0 saturated carbocycles. The minimum atomic E-state index is -0.0330. The van der Waals surface area contributed by atoms with Gasteiger partial charge < -0.3 is 20.3 Å². The number of hydrogen-bond acceptors (Lipinski definition) is 5. The largest absolute Gasteiger partial charge is 0.383 e. The Morgan fingerprint density at radius 3 is 2.85 bits per heavy atom. The van der Waals surface area contributed by atoms with Gasteiger partial charge >= 0.3 is 0 Å². The van der Waals surface area contributed by atoms with E-state index in [0.29, 0.717) is 37.7 Å². The average molecular weight is 276 g/mol. The van der Waals surface area contributed by atoms with Crippen LogP contribution in [0.4, 0.5) is 5.82 Å². The Morgan fingerprint density at radius 1 is 1.35 bits per heavy atom. The molecule has 2 N–H and O–H groups in total. The number of nitrogens with zero attached hydrogens (tertiary/aromatic N) is 3. The van der Waals surface area contributed by atoms with Crippen molar-refractivity contribution >= 4 is 11.7 Å². The van der Waals surface area contributed by atoms with Crippen LogP contribution in [-0.2, 0) is 17.7 Å². The summed E-state index contributed by atoms with van der Waals surface area (Å²) in [7, 11) is 2.07. The van der Waals surface area contributed by atoms with E-state index in [4.69, 9.17) is 10.5 Å². The number of fused-ring (bicyclic) bond motifs is 1.